The Morgan fingerprint density at radius 3 is 2.48 bits per heavy atom. The number of esters is 1. The highest BCUT2D eigenvalue weighted by molar-refractivity contribution is 5.94. The topological polar surface area (TPSA) is 87.0 Å². The average Bonchev–Trinajstić information content (AvgIpc) is 2.76. The van der Waals surface area contributed by atoms with E-state index in [2.05, 4.69) is 15.0 Å². The SMILES string of the molecule is COC(=O)c1c(Cc2cncnc2)c(=O)c2ccc(C)nc2n1-c1ccccc1. The Morgan fingerprint density at radius 1 is 1.07 bits per heavy atom. The summed E-state index contributed by atoms with van der Waals surface area (Å²) in [6.45, 7) is 1.84. The van der Waals surface area contributed by atoms with Gasteiger partial charge in [0.2, 0.25) is 0 Å². The Labute approximate surface area is 166 Å². The number of benzene rings is 1. The number of pyridine rings is 2. The molecular formula is C22H18N4O3. The first kappa shape index (κ1) is 18.5. The zero-order valence-corrected chi connectivity index (χ0v) is 16.0. The van der Waals surface area contributed by atoms with Crippen LogP contribution >= 0.6 is 0 Å². The predicted molar refractivity (Wildman–Crippen MR) is 108 cm³/mol. The number of fused-ring (bicyclic) bond motifs is 1. The summed E-state index contributed by atoms with van der Waals surface area (Å²) >= 11 is 0. The fourth-order valence-electron chi connectivity index (χ4n) is 3.33. The number of methoxy groups -OCH3 is 1. The molecule has 0 saturated heterocycles. The van der Waals surface area contributed by atoms with Crippen LogP contribution in [-0.4, -0.2) is 32.6 Å². The minimum atomic E-state index is -0.608. The van der Waals surface area contributed by atoms with Crippen molar-refractivity contribution in [3.8, 4) is 5.69 Å². The Kier molecular flexibility index (Phi) is 4.87. The molecule has 1 aromatic carbocycles. The second-order valence-corrected chi connectivity index (χ2v) is 6.57. The molecule has 0 radical (unpaired) electrons. The van der Waals surface area contributed by atoms with Gasteiger partial charge >= 0.3 is 5.97 Å². The molecule has 7 heteroatoms. The van der Waals surface area contributed by atoms with E-state index in [1.807, 2.05) is 37.3 Å². The maximum Gasteiger partial charge on any atom is 0.355 e. The number of ether oxygens (including phenoxy) is 1. The molecular weight excluding hydrogens is 368 g/mol. The number of hydrogen-bond acceptors (Lipinski definition) is 6. The lowest BCUT2D eigenvalue weighted by atomic mass is 10.0. The Morgan fingerprint density at radius 2 is 1.79 bits per heavy atom. The van der Waals surface area contributed by atoms with Gasteiger partial charge in [-0.2, -0.15) is 0 Å². The van der Waals surface area contributed by atoms with Gasteiger partial charge in [-0.25, -0.2) is 19.7 Å². The number of rotatable bonds is 4. The molecule has 0 aliphatic rings. The van der Waals surface area contributed by atoms with Crippen LogP contribution in [0.25, 0.3) is 16.7 Å². The molecule has 0 unspecified atom stereocenters. The lowest BCUT2D eigenvalue weighted by Gasteiger charge is -2.19. The van der Waals surface area contributed by atoms with Crippen LogP contribution < -0.4 is 5.43 Å². The summed E-state index contributed by atoms with van der Waals surface area (Å²) in [7, 11) is 1.30. The first-order chi connectivity index (χ1) is 14.1. The number of carbonyl (C=O) groups is 1. The van der Waals surface area contributed by atoms with Crippen molar-refractivity contribution in [2.75, 3.05) is 7.11 Å². The van der Waals surface area contributed by atoms with E-state index in [0.717, 1.165) is 5.69 Å². The predicted octanol–water partition coefficient (Wildman–Crippen LogP) is 2.86. The molecule has 4 aromatic rings. The van der Waals surface area contributed by atoms with Gasteiger partial charge < -0.3 is 4.74 Å². The molecule has 0 saturated carbocycles. The van der Waals surface area contributed by atoms with Gasteiger partial charge in [-0.15, -0.1) is 0 Å². The second-order valence-electron chi connectivity index (χ2n) is 6.57. The van der Waals surface area contributed by atoms with Crippen LogP contribution in [0.4, 0.5) is 0 Å². The molecule has 0 aliphatic carbocycles. The quantitative estimate of drug-likeness (QED) is 0.501. The monoisotopic (exact) mass is 386 g/mol. The van der Waals surface area contributed by atoms with Crippen LogP contribution in [-0.2, 0) is 11.2 Å². The van der Waals surface area contributed by atoms with Gasteiger partial charge in [0, 0.05) is 35.8 Å². The van der Waals surface area contributed by atoms with Gasteiger partial charge in [-0.05, 0) is 36.8 Å². The van der Waals surface area contributed by atoms with Crippen molar-refractivity contribution in [3.63, 3.8) is 0 Å². The van der Waals surface area contributed by atoms with Gasteiger partial charge in [0.25, 0.3) is 0 Å². The first-order valence-electron chi connectivity index (χ1n) is 9.03. The van der Waals surface area contributed by atoms with Gasteiger partial charge in [-0.3, -0.25) is 9.36 Å². The van der Waals surface area contributed by atoms with Crippen LogP contribution in [0.1, 0.15) is 27.3 Å². The normalized spacial score (nSPS) is 10.8. The number of carbonyl (C=O) groups excluding carboxylic acids is 1. The van der Waals surface area contributed by atoms with E-state index in [9.17, 15) is 9.59 Å². The van der Waals surface area contributed by atoms with Crippen molar-refractivity contribution in [1.29, 1.82) is 0 Å². The summed E-state index contributed by atoms with van der Waals surface area (Å²) in [6.07, 6.45) is 4.86. The number of aryl methyl sites for hydroxylation is 1. The minimum Gasteiger partial charge on any atom is -0.464 e. The van der Waals surface area contributed by atoms with Crippen LogP contribution in [0.15, 0.2) is 66.0 Å². The Balaban J connectivity index is 2.14. The highest BCUT2D eigenvalue weighted by Gasteiger charge is 2.25. The van der Waals surface area contributed by atoms with E-state index in [1.54, 1.807) is 29.1 Å². The Bertz CT molecular complexity index is 1250. The maximum absolute atomic E-state index is 13.4. The van der Waals surface area contributed by atoms with Crippen LogP contribution in [0, 0.1) is 6.92 Å². The zero-order valence-electron chi connectivity index (χ0n) is 16.0. The third-order valence-electron chi connectivity index (χ3n) is 4.64. The van der Waals surface area contributed by atoms with Gasteiger partial charge in [0.05, 0.1) is 12.5 Å². The van der Waals surface area contributed by atoms with Crippen LogP contribution in [0.3, 0.4) is 0 Å². The van der Waals surface area contributed by atoms with Crippen molar-refractivity contribution in [1.82, 2.24) is 19.5 Å². The van der Waals surface area contributed by atoms with Crippen molar-refractivity contribution in [2.24, 2.45) is 0 Å². The van der Waals surface area contributed by atoms with Crippen molar-refractivity contribution in [2.45, 2.75) is 13.3 Å². The number of hydrogen-bond donors (Lipinski definition) is 0. The summed E-state index contributed by atoms with van der Waals surface area (Å²) in [5.74, 6) is -0.608. The fourth-order valence-corrected chi connectivity index (χ4v) is 3.33. The maximum atomic E-state index is 13.4. The first-order valence-corrected chi connectivity index (χ1v) is 9.03. The molecule has 3 aromatic heterocycles. The minimum absolute atomic E-state index is 0.151. The third kappa shape index (κ3) is 3.38. The number of nitrogens with zero attached hydrogens (tertiary/aromatic N) is 4. The van der Waals surface area contributed by atoms with Crippen molar-refractivity contribution in [3.05, 3.63) is 93.9 Å². The second kappa shape index (κ2) is 7.63. The molecule has 0 aliphatic heterocycles. The van der Waals surface area contributed by atoms with Gasteiger partial charge in [0.15, 0.2) is 5.43 Å². The van der Waals surface area contributed by atoms with Crippen molar-refractivity contribution < 1.29 is 9.53 Å². The van der Waals surface area contributed by atoms with E-state index in [4.69, 9.17) is 4.74 Å². The van der Waals surface area contributed by atoms with Gasteiger partial charge in [-0.1, -0.05) is 18.2 Å². The highest BCUT2D eigenvalue weighted by Crippen LogP contribution is 2.23. The number of aromatic nitrogens is 4. The Hall–Kier alpha value is -3.87. The molecule has 3 heterocycles. The lowest BCUT2D eigenvalue weighted by molar-refractivity contribution is 0.0590. The largest absolute Gasteiger partial charge is 0.464 e. The van der Waals surface area contributed by atoms with E-state index in [1.165, 1.54) is 13.4 Å². The smallest absolute Gasteiger partial charge is 0.355 e. The molecule has 29 heavy (non-hydrogen) atoms. The van der Waals surface area contributed by atoms with Crippen LogP contribution in [0.5, 0.6) is 0 Å². The van der Waals surface area contributed by atoms with Crippen molar-refractivity contribution >= 4 is 17.0 Å². The molecule has 0 bridgehead atoms. The number of para-hydroxylation sites is 1. The van der Waals surface area contributed by atoms with E-state index < -0.39 is 5.97 Å². The molecule has 144 valence electrons. The summed E-state index contributed by atoms with van der Waals surface area (Å²) < 4.78 is 6.74. The fraction of sp³-hybridized carbons (Fsp3) is 0.136. The van der Waals surface area contributed by atoms with Gasteiger partial charge in [0.1, 0.15) is 17.7 Å². The molecule has 4 rings (SSSR count). The lowest BCUT2D eigenvalue weighted by Crippen LogP contribution is -2.25. The summed E-state index contributed by atoms with van der Waals surface area (Å²) in [4.78, 5) is 38.8. The average molecular weight is 386 g/mol. The summed E-state index contributed by atoms with van der Waals surface area (Å²) in [6, 6.07) is 12.8. The molecule has 0 atom stereocenters. The van der Waals surface area contributed by atoms with E-state index in [-0.39, 0.29) is 17.5 Å². The highest BCUT2D eigenvalue weighted by atomic mass is 16.5. The summed E-state index contributed by atoms with van der Waals surface area (Å²) in [5.41, 5.74) is 2.78. The molecule has 0 spiro atoms. The summed E-state index contributed by atoms with van der Waals surface area (Å²) in [5, 5.41) is 0.430. The third-order valence-corrected chi connectivity index (χ3v) is 4.64. The molecule has 0 N–H and O–H groups in total. The van der Waals surface area contributed by atoms with E-state index >= 15 is 0 Å². The van der Waals surface area contributed by atoms with E-state index in [0.29, 0.717) is 27.8 Å². The molecule has 0 amide bonds. The zero-order chi connectivity index (χ0) is 20.4. The standard InChI is InChI=1S/C22H18N4O3/c1-14-8-9-17-20(27)18(10-15-11-23-13-24-12-15)19(22(28)29-2)26(21(17)25-14)16-6-4-3-5-7-16/h3-9,11-13H,10H2,1-2H3. The van der Waals surface area contributed by atoms with Crippen LogP contribution in [0.2, 0.25) is 0 Å². The molecule has 7 nitrogen and oxygen atoms in total. The molecule has 0 fully saturated rings.